The first kappa shape index (κ1) is 9.74. The van der Waals surface area contributed by atoms with Crippen LogP contribution in [0.15, 0.2) is 10.7 Å². The van der Waals surface area contributed by atoms with Crippen LogP contribution in [0.5, 0.6) is 0 Å². The Morgan fingerprint density at radius 1 is 1.67 bits per heavy atom. The van der Waals surface area contributed by atoms with E-state index in [1.165, 1.54) is 0 Å². The van der Waals surface area contributed by atoms with E-state index in [0.29, 0.717) is 0 Å². The second-order valence-corrected chi connectivity index (χ2v) is 4.54. The second kappa shape index (κ2) is 3.58. The predicted molar refractivity (Wildman–Crippen MR) is 52.9 cm³/mol. The normalized spacial score (nSPS) is 12.0. The van der Waals surface area contributed by atoms with Crippen molar-refractivity contribution in [1.82, 2.24) is 10.2 Å². The highest BCUT2D eigenvalue weighted by molar-refractivity contribution is 9.10. The molecule has 4 heteroatoms. The molecule has 1 heterocycles. The molecular formula is C8H14BrN3. The summed E-state index contributed by atoms with van der Waals surface area (Å²) in [6, 6.07) is 0. The van der Waals surface area contributed by atoms with E-state index >= 15 is 0 Å². The van der Waals surface area contributed by atoms with Crippen molar-refractivity contribution >= 4 is 15.9 Å². The first-order valence-electron chi connectivity index (χ1n) is 3.96. The lowest BCUT2D eigenvalue weighted by atomic mass is 9.99. The maximum atomic E-state index is 5.85. The third kappa shape index (κ3) is 2.95. The number of aromatic nitrogens is 2. The summed E-state index contributed by atoms with van der Waals surface area (Å²) in [7, 11) is 0. The molecule has 0 fully saturated rings. The fraction of sp³-hybridized carbons (Fsp3) is 0.625. The minimum absolute atomic E-state index is 0.107. The summed E-state index contributed by atoms with van der Waals surface area (Å²) in [6.07, 6.45) is 3.65. The number of hydrogen-bond donors (Lipinski definition) is 2. The Hall–Kier alpha value is -0.350. The first-order valence-corrected chi connectivity index (χ1v) is 4.75. The van der Waals surface area contributed by atoms with E-state index in [2.05, 4.69) is 26.1 Å². The van der Waals surface area contributed by atoms with E-state index in [0.717, 1.165) is 23.0 Å². The largest absolute Gasteiger partial charge is 0.326 e. The number of nitrogens with zero attached hydrogens (tertiary/aromatic N) is 1. The molecule has 0 aromatic carbocycles. The maximum absolute atomic E-state index is 5.85. The quantitative estimate of drug-likeness (QED) is 0.835. The lowest BCUT2D eigenvalue weighted by Crippen LogP contribution is -2.32. The average Bonchev–Trinajstić information content (AvgIpc) is 2.29. The number of hydrogen-bond acceptors (Lipinski definition) is 2. The van der Waals surface area contributed by atoms with Crippen LogP contribution in [0.4, 0.5) is 0 Å². The summed E-state index contributed by atoms with van der Waals surface area (Å²) in [5, 5.41) is 6.84. The number of rotatable bonds is 3. The fourth-order valence-corrected chi connectivity index (χ4v) is 1.31. The molecule has 0 unspecified atom stereocenters. The van der Waals surface area contributed by atoms with Gasteiger partial charge in [0.05, 0.1) is 10.7 Å². The minimum atomic E-state index is -0.107. The van der Waals surface area contributed by atoms with Crippen LogP contribution < -0.4 is 5.73 Å². The topological polar surface area (TPSA) is 54.7 Å². The Morgan fingerprint density at radius 3 is 2.75 bits per heavy atom. The summed E-state index contributed by atoms with van der Waals surface area (Å²) in [6.45, 7) is 4.05. The first-order chi connectivity index (χ1) is 5.49. The van der Waals surface area contributed by atoms with E-state index in [-0.39, 0.29) is 5.54 Å². The smallest absolute Gasteiger partial charge is 0.0632 e. The van der Waals surface area contributed by atoms with Crippen LogP contribution >= 0.6 is 15.9 Å². The zero-order chi connectivity index (χ0) is 9.19. The number of H-pyrrole nitrogens is 1. The zero-order valence-electron chi connectivity index (χ0n) is 7.39. The van der Waals surface area contributed by atoms with Crippen molar-refractivity contribution in [3.05, 3.63) is 16.4 Å². The molecule has 0 amide bonds. The van der Waals surface area contributed by atoms with Gasteiger partial charge in [-0.1, -0.05) is 0 Å². The van der Waals surface area contributed by atoms with Gasteiger partial charge < -0.3 is 5.73 Å². The van der Waals surface area contributed by atoms with Crippen molar-refractivity contribution in [2.24, 2.45) is 5.73 Å². The zero-order valence-corrected chi connectivity index (χ0v) is 8.98. The lowest BCUT2D eigenvalue weighted by Gasteiger charge is -2.17. The highest BCUT2D eigenvalue weighted by atomic mass is 79.9. The number of aromatic amines is 1. The predicted octanol–water partition coefficient (Wildman–Crippen LogP) is 1.84. The highest BCUT2D eigenvalue weighted by Crippen LogP contribution is 2.16. The van der Waals surface area contributed by atoms with Gasteiger partial charge in [0.2, 0.25) is 0 Å². The SMILES string of the molecule is CC(C)(N)CCc1[nH]ncc1Br. The molecule has 3 N–H and O–H groups in total. The van der Waals surface area contributed by atoms with Crippen LogP contribution in [0.25, 0.3) is 0 Å². The molecule has 1 aromatic heterocycles. The molecule has 1 rings (SSSR count). The molecule has 12 heavy (non-hydrogen) atoms. The van der Waals surface area contributed by atoms with Crippen molar-refractivity contribution in [2.75, 3.05) is 0 Å². The number of nitrogens with one attached hydrogen (secondary N) is 1. The van der Waals surface area contributed by atoms with Gasteiger partial charge >= 0.3 is 0 Å². The lowest BCUT2D eigenvalue weighted by molar-refractivity contribution is 0.473. The van der Waals surface area contributed by atoms with Gasteiger partial charge in [-0.15, -0.1) is 0 Å². The van der Waals surface area contributed by atoms with Gasteiger partial charge in [-0.25, -0.2) is 0 Å². The van der Waals surface area contributed by atoms with Gasteiger partial charge in [-0.3, -0.25) is 5.10 Å². The van der Waals surface area contributed by atoms with Crippen LogP contribution in [0.3, 0.4) is 0 Å². The Bertz CT molecular complexity index is 249. The third-order valence-corrected chi connectivity index (χ3v) is 2.37. The maximum Gasteiger partial charge on any atom is 0.0632 e. The molecule has 0 radical (unpaired) electrons. The van der Waals surface area contributed by atoms with Gasteiger partial charge in [0.25, 0.3) is 0 Å². The summed E-state index contributed by atoms with van der Waals surface area (Å²) in [5.41, 5.74) is 6.86. The summed E-state index contributed by atoms with van der Waals surface area (Å²) < 4.78 is 1.03. The van der Waals surface area contributed by atoms with Crippen molar-refractivity contribution < 1.29 is 0 Å². The van der Waals surface area contributed by atoms with E-state index < -0.39 is 0 Å². The van der Waals surface area contributed by atoms with Crippen molar-refractivity contribution in [3.8, 4) is 0 Å². The number of nitrogens with two attached hydrogens (primary N) is 1. The Balaban J connectivity index is 2.49. The van der Waals surface area contributed by atoms with Gasteiger partial charge in [-0.05, 0) is 42.6 Å². The second-order valence-electron chi connectivity index (χ2n) is 3.69. The number of aryl methyl sites for hydroxylation is 1. The van der Waals surface area contributed by atoms with Gasteiger partial charge in [0.1, 0.15) is 0 Å². The molecule has 0 bridgehead atoms. The van der Waals surface area contributed by atoms with E-state index in [1.54, 1.807) is 6.20 Å². The molecule has 0 aliphatic carbocycles. The molecule has 68 valence electrons. The minimum Gasteiger partial charge on any atom is -0.326 e. The van der Waals surface area contributed by atoms with E-state index in [4.69, 9.17) is 5.73 Å². The van der Waals surface area contributed by atoms with Crippen molar-refractivity contribution in [2.45, 2.75) is 32.2 Å². The summed E-state index contributed by atoms with van der Waals surface area (Å²) in [5.74, 6) is 0. The van der Waals surface area contributed by atoms with Crippen LogP contribution in [0, 0.1) is 0 Å². The third-order valence-electron chi connectivity index (χ3n) is 1.69. The molecule has 0 spiro atoms. The van der Waals surface area contributed by atoms with Gasteiger partial charge in [0, 0.05) is 11.2 Å². The molecular weight excluding hydrogens is 218 g/mol. The molecule has 1 aromatic rings. The summed E-state index contributed by atoms with van der Waals surface area (Å²) >= 11 is 3.40. The Kier molecular flexibility index (Phi) is 2.90. The van der Waals surface area contributed by atoms with E-state index in [1.807, 2.05) is 13.8 Å². The molecule has 3 nitrogen and oxygen atoms in total. The van der Waals surface area contributed by atoms with Crippen LogP contribution in [-0.4, -0.2) is 15.7 Å². The van der Waals surface area contributed by atoms with Crippen molar-refractivity contribution in [3.63, 3.8) is 0 Å². The van der Waals surface area contributed by atoms with Crippen LogP contribution in [-0.2, 0) is 6.42 Å². The summed E-state index contributed by atoms with van der Waals surface area (Å²) in [4.78, 5) is 0. The fourth-order valence-electron chi connectivity index (χ4n) is 0.921. The monoisotopic (exact) mass is 231 g/mol. The van der Waals surface area contributed by atoms with Gasteiger partial charge in [-0.2, -0.15) is 5.10 Å². The van der Waals surface area contributed by atoms with Crippen molar-refractivity contribution in [1.29, 1.82) is 0 Å². The molecule has 0 aliphatic rings. The average molecular weight is 232 g/mol. The number of halogens is 1. The van der Waals surface area contributed by atoms with Crippen LogP contribution in [0.1, 0.15) is 26.0 Å². The molecule has 0 aliphatic heterocycles. The van der Waals surface area contributed by atoms with Crippen LogP contribution in [0.2, 0.25) is 0 Å². The molecule has 0 atom stereocenters. The molecule has 0 saturated carbocycles. The van der Waals surface area contributed by atoms with Gasteiger partial charge in [0.15, 0.2) is 0 Å². The Morgan fingerprint density at radius 2 is 2.33 bits per heavy atom. The molecule has 0 saturated heterocycles. The van der Waals surface area contributed by atoms with E-state index in [9.17, 15) is 0 Å². The standard InChI is InChI=1S/C8H14BrN3/c1-8(2,10)4-3-7-6(9)5-11-12-7/h5H,3-4,10H2,1-2H3,(H,11,12). The highest BCUT2D eigenvalue weighted by Gasteiger charge is 2.12. The Labute approximate surface area is 80.9 Å².